The molecule has 24 heavy (non-hydrogen) atoms. The zero-order chi connectivity index (χ0) is 17.1. The van der Waals surface area contributed by atoms with Crippen molar-refractivity contribution in [2.75, 3.05) is 18.0 Å². The van der Waals surface area contributed by atoms with Crippen LogP contribution in [0, 0.1) is 5.92 Å². The first-order valence-electron chi connectivity index (χ1n) is 8.91. The van der Waals surface area contributed by atoms with E-state index in [-0.39, 0.29) is 17.9 Å². The molecule has 2 aromatic heterocycles. The summed E-state index contributed by atoms with van der Waals surface area (Å²) in [6.07, 6.45) is 5.44. The van der Waals surface area contributed by atoms with E-state index in [0.29, 0.717) is 0 Å². The minimum Gasteiger partial charge on any atom is -0.356 e. The number of nitrogens with one attached hydrogen (secondary N) is 1. The molecule has 5 nitrogen and oxygen atoms in total. The smallest absolute Gasteiger partial charge is 0.223 e. The molecule has 130 valence electrons. The zero-order valence-electron chi connectivity index (χ0n) is 14.7. The maximum absolute atomic E-state index is 12.3. The van der Waals surface area contributed by atoms with Gasteiger partial charge >= 0.3 is 0 Å². The molecule has 0 spiro atoms. The number of carbonyl (C=O) groups is 1. The van der Waals surface area contributed by atoms with Crippen LogP contribution >= 0.6 is 11.3 Å². The van der Waals surface area contributed by atoms with Crippen LogP contribution in [0.2, 0.25) is 0 Å². The summed E-state index contributed by atoms with van der Waals surface area (Å²) in [4.78, 5) is 26.0. The summed E-state index contributed by atoms with van der Waals surface area (Å²) in [6.45, 7) is 8.08. The first-order valence-corrected chi connectivity index (χ1v) is 9.72. The van der Waals surface area contributed by atoms with Gasteiger partial charge in [-0.2, -0.15) is 0 Å². The third-order valence-corrected chi connectivity index (χ3v) is 6.06. The van der Waals surface area contributed by atoms with Crippen LogP contribution in [-0.2, 0) is 11.2 Å². The quantitative estimate of drug-likeness (QED) is 0.902. The lowest BCUT2D eigenvalue weighted by Crippen LogP contribution is -2.43. The van der Waals surface area contributed by atoms with Crippen molar-refractivity contribution in [3.8, 4) is 0 Å². The average molecular weight is 347 g/mol. The Hall–Kier alpha value is -1.69. The minimum absolute atomic E-state index is 0.126. The van der Waals surface area contributed by atoms with Crippen LogP contribution < -0.4 is 10.2 Å². The summed E-state index contributed by atoms with van der Waals surface area (Å²) in [5.74, 6) is 1.36. The summed E-state index contributed by atoms with van der Waals surface area (Å²) in [7, 11) is 0. The monoisotopic (exact) mass is 346 g/mol. The van der Waals surface area contributed by atoms with Gasteiger partial charge in [-0.1, -0.05) is 13.8 Å². The maximum Gasteiger partial charge on any atom is 0.223 e. The Balaban J connectivity index is 1.69. The Kier molecular flexibility index (Phi) is 5.33. The van der Waals surface area contributed by atoms with Crippen LogP contribution in [0.3, 0.4) is 0 Å². The maximum atomic E-state index is 12.3. The largest absolute Gasteiger partial charge is 0.356 e. The lowest BCUT2D eigenvalue weighted by atomic mass is 9.95. The van der Waals surface area contributed by atoms with Crippen LogP contribution in [0.5, 0.6) is 0 Å². The van der Waals surface area contributed by atoms with Gasteiger partial charge in [0.2, 0.25) is 5.91 Å². The number of hydrogen-bond donors (Lipinski definition) is 1. The number of hydrogen-bond acceptors (Lipinski definition) is 5. The van der Waals surface area contributed by atoms with E-state index in [1.54, 1.807) is 17.7 Å². The number of carbonyl (C=O) groups excluding carboxylic acids is 1. The van der Waals surface area contributed by atoms with Crippen LogP contribution in [0.15, 0.2) is 12.4 Å². The standard InChI is InChI=1S/C18H26N4OS/c1-4-12(3)21-17(23)13-6-8-22(9-7-13)16-15-10-14(5-2)24-18(15)20-11-19-16/h10-13H,4-9H2,1-3H3,(H,21,23)/t12-/m0/s1. The Morgan fingerprint density at radius 1 is 1.38 bits per heavy atom. The first-order chi connectivity index (χ1) is 11.6. The second-order valence-corrected chi connectivity index (χ2v) is 7.68. The lowest BCUT2D eigenvalue weighted by Gasteiger charge is -2.32. The van der Waals surface area contributed by atoms with Crippen molar-refractivity contribution in [3.63, 3.8) is 0 Å². The first kappa shape index (κ1) is 17.1. The molecule has 0 bridgehead atoms. The van der Waals surface area contributed by atoms with Crippen molar-refractivity contribution in [2.24, 2.45) is 5.92 Å². The fraction of sp³-hybridized carbons (Fsp3) is 0.611. The highest BCUT2D eigenvalue weighted by Crippen LogP contribution is 2.32. The summed E-state index contributed by atoms with van der Waals surface area (Å²) < 4.78 is 0. The van der Waals surface area contributed by atoms with Crippen molar-refractivity contribution in [1.29, 1.82) is 0 Å². The topological polar surface area (TPSA) is 58.1 Å². The van der Waals surface area contributed by atoms with E-state index < -0.39 is 0 Å². The molecule has 0 aliphatic carbocycles. The highest BCUT2D eigenvalue weighted by atomic mass is 32.1. The predicted molar refractivity (Wildman–Crippen MR) is 99.6 cm³/mol. The molecule has 0 radical (unpaired) electrons. The van der Waals surface area contributed by atoms with Crippen LogP contribution in [-0.4, -0.2) is 35.0 Å². The fourth-order valence-electron chi connectivity index (χ4n) is 3.14. The second-order valence-electron chi connectivity index (χ2n) is 6.56. The van der Waals surface area contributed by atoms with Gasteiger partial charge in [0.15, 0.2) is 0 Å². The predicted octanol–water partition coefficient (Wildman–Crippen LogP) is 3.38. The van der Waals surface area contributed by atoms with Gasteiger partial charge in [-0.3, -0.25) is 4.79 Å². The summed E-state index contributed by atoms with van der Waals surface area (Å²) in [5.41, 5.74) is 0. The molecule has 1 saturated heterocycles. The van der Waals surface area contributed by atoms with Crippen molar-refractivity contribution in [3.05, 3.63) is 17.3 Å². The Bertz CT molecular complexity index is 706. The molecule has 1 N–H and O–H groups in total. The van der Waals surface area contributed by atoms with Gasteiger partial charge < -0.3 is 10.2 Å². The lowest BCUT2D eigenvalue weighted by molar-refractivity contribution is -0.126. The molecule has 0 unspecified atom stereocenters. The van der Waals surface area contributed by atoms with E-state index in [2.05, 4.69) is 47.0 Å². The number of fused-ring (bicyclic) bond motifs is 1. The summed E-state index contributed by atoms with van der Waals surface area (Å²) in [6, 6.07) is 2.48. The Morgan fingerprint density at radius 2 is 2.12 bits per heavy atom. The van der Waals surface area contributed by atoms with Gasteiger partial charge in [0.25, 0.3) is 0 Å². The van der Waals surface area contributed by atoms with E-state index in [1.807, 2.05) is 0 Å². The molecular formula is C18H26N4OS. The van der Waals surface area contributed by atoms with E-state index in [1.165, 1.54) is 4.88 Å². The van der Waals surface area contributed by atoms with Gasteiger partial charge in [-0.15, -0.1) is 11.3 Å². The minimum atomic E-state index is 0.126. The van der Waals surface area contributed by atoms with Crippen LogP contribution in [0.1, 0.15) is 44.9 Å². The Labute approximate surface area is 147 Å². The van der Waals surface area contributed by atoms with Crippen molar-refractivity contribution in [2.45, 2.75) is 52.5 Å². The van der Waals surface area contributed by atoms with Gasteiger partial charge in [0.1, 0.15) is 17.0 Å². The third-order valence-electron chi connectivity index (χ3n) is 4.87. The highest BCUT2D eigenvalue weighted by molar-refractivity contribution is 7.18. The molecule has 1 fully saturated rings. The number of thiophene rings is 1. The fourth-order valence-corrected chi connectivity index (χ4v) is 4.06. The average Bonchev–Trinajstić information content (AvgIpc) is 3.05. The molecule has 3 rings (SSSR count). The highest BCUT2D eigenvalue weighted by Gasteiger charge is 2.27. The summed E-state index contributed by atoms with van der Waals surface area (Å²) >= 11 is 1.75. The van der Waals surface area contributed by atoms with Crippen molar-refractivity contribution < 1.29 is 4.79 Å². The second kappa shape index (κ2) is 7.47. The van der Waals surface area contributed by atoms with E-state index in [4.69, 9.17) is 0 Å². The number of aromatic nitrogens is 2. The van der Waals surface area contributed by atoms with E-state index in [0.717, 1.165) is 54.8 Å². The number of nitrogens with zero attached hydrogens (tertiary/aromatic N) is 3. The normalized spacial score (nSPS) is 17.2. The number of rotatable bonds is 5. The zero-order valence-corrected chi connectivity index (χ0v) is 15.5. The van der Waals surface area contributed by atoms with Gasteiger partial charge in [0, 0.05) is 29.9 Å². The number of aryl methyl sites for hydroxylation is 1. The number of piperidine rings is 1. The van der Waals surface area contributed by atoms with E-state index in [9.17, 15) is 4.79 Å². The number of anilines is 1. The SMILES string of the molecule is CCc1cc2c(N3CCC(C(=O)N[C@@H](C)CC)CC3)ncnc2s1. The van der Waals surface area contributed by atoms with Gasteiger partial charge in [-0.25, -0.2) is 9.97 Å². The van der Waals surface area contributed by atoms with Gasteiger partial charge in [-0.05, 0) is 38.7 Å². The number of amides is 1. The molecule has 2 aromatic rings. The van der Waals surface area contributed by atoms with E-state index >= 15 is 0 Å². The molecule has 1 aliphatic heterocycles. The van der Waals surface area contributed by atoms with Crippen LogP contribution in [0.4, 0.5) is 5.82 Å². The van der Waals surface area contributed by atoms with Crippen molar-refractivity contribution in [1.82, 2.24) is 15.3 Å². The van der Waals surface area contributed by atoms with Crippen molar-refractivity contribution >= 4 is 33.3 Å². The molecule has 0 aromatic carbocycles. The molecule has 6 heteroatoms. The molecular weight excluding hydrogens is 320 g/mol. The third kappa shape index (κ3) is 3.53. The molecule has 3 heterocycles. The summed E-state index contributed by atoms with van der Waals surface area (Å²) in [5, 5.41) is 4.27. The molecule has 1 aliphatic rings. The van der Waals surface area contributed by atoms with Crippen LogP contribution in [0.25, 0.3) is 10.2 Å². The molecule has 1 atom stereocenters. The Morgan fingerprint density at radius 3 is 2.79 bits per heavy atom. The molecule has 0 saturated carbocycles. The molecule has 1 amide bonds. The van der Waals surface area contributed by atoms with Gasteiger partial charge in [0.05, 0.1) is 5.39 Å².